The van der Waals surface area contributed by atoms with E-state index in [1.54, 1.807) is 0 Å². The molecule has 4 aromatic rings. The number of ether oxygens (including phenoxy) is 2. The summed E-state index contributed by atoms with van der Waals surface area (Å²) < 4.78 is 115. The van der Waals surface area contributed by atoms with Gasteiger partial charge in [0, 0.05) is 17.2 Å². The number of nitrogen functional groups attached to an aromatic ring is 1. The van der Waals surface area contributed by atoms with Crippen molar-refractivity contribution < 1.29 is 68.8 Å². The van der Waals surface area contributed by atoms with Crippen molar-refractivity contribution in [3.8, 4) is 11.5 Å². The third kappa shape index (κ3) is 11.5. The van der Waals surface area contributed by atoms with Gasteiger partial charge in [-0.2, -0.15) is 0 Å². The Morgan fingerprint density at radius 2 is 1.25 bits per heavy atom. The number of rotatable bonds is 11. The highest BCUT2D eigenvalue weighted by Crippen LogP contribution is 2.32. The van der Waals surface area contributed by atoms with Crippen LogP contribution in [0.1, 0.15) is 57.5 Å². The Labute approximate surface area is 337 Å². The van der Waals surface area contributed by atoms with Gasteiger partial charge in [-0.1, -0.05) is 0 Å². The number of carboxylic acid groups (broad SMARTS) is 1. The summed E-state index contributed by atoms with van der Waals surface area (Å²) in [4.78, 5) is 23.5. The number of aliphatic hydroxyl groups is 2. The van der Waals surface area contributed by atoms with Crippen molar-refractivity contribution in [2.75, 3.05) is 31.0 Å². The zero-order chi connectivity index (χ0) is 44.0. The molecule has 2 aliphatic rings. The second-order valence-electron chi connectivity index (χ2n) is 13.8. The van der Waals surface area contributed by atoms with E-state index in [0.29, 0.717) is 25.7 Å². The van der Waals surface area contributed by atoms with Gasteiger partial charge in [0.1, 0.15) is 28.7 Å². The molecule has 0 heterocycles. The minimum atomic E-state index is -3.80. The Hall–Kier alpha value is -5.28. The molecule has 0 aromatic heterocycles. The number of benzene rings is 4. The molecule has 320 valence electrons. The van der Waals surface area contributed by atoms with Crippen LogP contribution in [0.5, 0.6) is 11.5 Å². The van der Waals surface area contributed by atoms with E-state index in [9.17, 15) is 49.1 Å². The van der Waals surface area contributed by atoms with Gasteiger partial charge in [-0.05, 0) is 106 Å². The molecular weight excluding hydrogens is 827 g/mol. The van der Waals surface area contributed by atoms with E-state index in [1.165, 1.54) is 64.5 Å². The second kappa shape index (κ2) is 19.2. The van der Waals surface area contributed by atoms with Crippen LogP contribution in [0.3, 0.4) is 0 Å². The maximum absolute atomic E-state index is 14.2. The number of aliphatic hydroxyl groups excluding tert-OH is 2. The summed E-state index contributed by atoms with van der Waals surface area (Å²) in [5.41, 5.74) is 4.32. The van der Waals surface area contributed by atoms with Crippen LogP contribution in [0.4, 0.5) is 28.9 Å². The summed E-state index contributed by atoms with van der Waals surface area (Å²) in [5, 5.41) is 29.9. The molecule has 2 saturated carbocycles. The van der Waals surface area contributed by atoms with E-state index in [-0.39, 0.29) is 72.6 Å². The Morgan fingerprint density at radius 1 is 0.746 bits per heavy atom. The second-order valence-corrected chi connectivity index (χ2v) is 17.6. The number of halogens is 4. The number of sulfone groups is 1. The first-order valence-corrected chi connectivity index (χ1v) is 20.9. The average Bonchev–Trinajstić information content (AvgIpc) is 3.17. The minimum Gasteiger partial charge on any atom is -0.496 e. The van der Waals surface area contributed by atoms with Gasteiger partial charge in [-0.25, -0.2) is 43.9 Å². The van der Waals surface area contributed by atoms with Crippen molar-refractivity contribution >= 4 is 43.1 Å². The maximum Gasteiger partial charge on any atom is 0.339 e. The maximum atomic E-state index is 14.2. The number of amides is 1. The van der Waals surface area contributed by atoms with E-state index >= 15 is 0 Å². The predicted molar refractivity (Wildman–Crippen MR) is 208 cm³/mol. The molecule has 0 aliphatic heterocycles. The van der Waals surface area contributed by atoms with Crippen molar-refractivity contribution in [2.45, 2.75) is 67.6 Å². The van der Waals surface area contributed by atoms with Gasteiger partial charge in [0.05, 0.1) is 58.9 Å². The monoisotopic (exact) mass is 869 g/mol. The van der Waals surface area contributed by atoms with Gasteiger partial charge in [0.2, 0.25) is 10.0 Å². The summed E-state index contributed by atoms with van der Waals surface area (Å²) in [5.74, 6) is -5.01. The number of hydrogen-bond donors (Lipinski definition) is 6. The molecular formula is C39H43F4N3O11S2. The summed E-state index contributed by atoms with van der Waals surface area (Å²) >= 11 is 0. The normalized spacial score (nSPS) is 18.4. The molecule has 0 atom stereocenters. The van der Waals surface area contributed by atoms with Gasteiger partial charge in [0.15, 0.2) is 21.5 Å². The SMILES string of the molecule is COc1ccc(S(=O)(=O)CC2CC(O)C2)cc1C(=O)Nc1ccc(F)c(C)c1F.COc1ccc(S(=O)(=O)NC2CC(O)C2)cc1C(=O)O.Cc1c(F)ccc(N)c1F. The number of carbonyl (C=O) groups is 2. The van der Waals surface area contributed by atoms with Crippen molar-refractivity contribution in [3.05, 3.63) is 106 Å². The first-order chi connectivity index (χ1) is 27.6. The van der Waals surface area contributed by atoms with Crippen LogP contribution >= 0.6 is 0 Å². The first kappa shape index (κ1) is 46.4. The number of nitrogens with two attached hydrogens (primary N) is 1. The Balaban J connectivity index is 0.000000220. The molecule has 0 spiro atoms. The lowest BCUT2D eigenvalue weighted by molar-refractivity contribution is 0.0525. The fourth-order valence-electron chi connectivity index (χ4n) is 5.92. The summed E-state index contributed by atoms with van der Waals surface area (Å²) in [6.07, 6.45) is 0.620. The molecule has 7 N–H and O–H groups in total. The highest BCUT2D eigenvalue weighted by Gasteiger charge is 2.33. The van der Waals surface area contributed by atoms with Gasteiger partial charge in [-0.3, -0.25) is 4.79 Å². The molecule has 0 saturated heterocycles. The van der Waals surface area contributed by atoms with E-state index in [0.717, 1.165) is 24.3 Å². The molecule has 0 radical (unpaired) electrons. The van der Waals surface area contributed by atoms with Crippen LogP contribution in [0.15, 0.2) is 70.5 Å². The summed E-state index contributed by atoms with van der Waals surface area (Å²) in [6, 6.07) is 11.6. The molecule has 20 heteroatoms. The third-order valence-corrected chi connectivity index (χ3v) is 12.9. The van der Waals surface area contributed by atoms with Crippen LogP contribution in [0.25, 0.3) is 0 Å². The lowest BCUT2D eigenvalue weighted by Crippen LogP contribution is -2.46. The molecule has 4 aromatic carbocycles. The molecule has 14 nitrogen and oxygen atoms in total. The number of hydrogen-bond acceptors (Lipinski definition) is 11. The topological polar surface area (TPSA) is 232 Å². The average molecular weight is 870 g/mol. The van der Waals surface area contributed by atoms with Gasteiger partial charge >= 0.3 is 5.97 Å². The van der Waals surface area contributed by atoms with Crippen molar-refractivity contribution in [2.24, 2.45) is 5.92 Å². The van der Waals surface area contributed by atoms with Crippen molar-refractivity contribution in [3.63, 3.8) is 0 Å². The first-order valence-electron chi connectivity index (χ1n) is 17.7. The number of anilines is 2. The Bertz CT molecular complexity index is 2400. The van der Waals surface area contributed by atoms with E-state index in [4.69, 9.17) is 25.4 Å². The number of methoxy groups -OCH3 is 2. The molecule has 0 unspecified atom stereocenters. The Kier molecular flexibility index (Phi) is 15.1. The standard InChI is InChI=1S/C20H21F2NO5S.C12H15NO6S.C7H7F2N/c1-11-16(21)4-5-17(19(11)22)23-20(25)15-9-14(3-6-18(15)28-2)29(26,27)10-12-7-13(24)8-12;1-19-11-3-2-9(6-10(11)12(15)16)20(17,18)13-7-4-8(14)5-7;1-4-5(8)2-3-6(10)7(4)9/h3-6,9,12-13,24H,7-8,10H2,1-2H3,(H,23,25);2-3,6-8,13-14H,4-5H2,1H3,(H,15,16);2-3H,10H2,1H3. The third-order valence-electron chi connectivity index (χ3n) is 9.51. The van der Waals surface area contributed by atoms with Crippen LogP contribution in [-0.4, -0.2) is 82.3 Å². The largest absolute Gasteiger partial charge is 0.496 e. The molecule has 59 heavy (non-hydrogen) atoms. The van der Waals surface area contributed by atoms with E-state index < -0.39 is 67.2 Å². The zero-order valence-corrected chi connectivity index (χ0v) is 33.8. The number of sulfonamides is 1. The predicted octanol–water partition coefficient (Wildman–Crippen LogP) is 5.13. The van der Waals surface area contributed by atoms with E-state index in [2.05, 4.69) is 10.0 Å². The lowest BCUT2D eigenvalue weighted by atomic mass is 9.84. The highest BCUT2D eigenvalue weighted by molar-refractivity contribution is 7.91. The van der Waals surface area contributed by atoms with Gasteiger partial charge < -0.3 is 35.8 Å². The smallest absolute Gasteiger partial charge is 0.339 e. The van der Waals surface area contributed by atoms with Crippen LogP contribution < -0.4 is 25.2 Å². The fourth-order valence-corrected chi connectivity index (χ4v) is 8.87. The van der Waals surface area contributed by atoms with Gasteiger partial charge in [-0.15, -0.1) is 0 Å². The summed E-state index contributed by atoms with van der Waals surface area (Å²) in [6.45, 7) is 2.59. The quantitative estimate of drug-likeness (QED) is 0.0852. The van der Waals surface area contributed by atoms with E-state index in [1.807, 2.05) is 0 Å². The molecule has 0 bridgehead atoms. The molecule has 2 fully saturated rings. The molecule has 2 aliphatic carbocycles. The van der Waals surface area contributed by atoms with Crippen LogP contribution in [-0.2, 0) is 19.9 Å². The fraction of sp³-hybridized carbons (Fsp3) is 0.333. The highest BCUT2D eigenvalue weighted by atomic mass is 32.2. The van der Waals surface area contributed by atoms with Crippen molar-refractivity contribution in [1.82, 2.24) is 4.72 Å². The number of carboxylic acids is 1. The number of nitrogens with one attached hydrogen (secondary N) is 2. The summed E-state index contributed by atoms with van der Waals surface area (Å²) in [7, 11) is -4.87. The van der Waals surface area contributed by atoms with Crippen molar-refractivity contribution in [1.29, 1.82) is 0 Å². The molecule has 1 amide bonds. The number of aromatic carboxylic acids is 1. The minimum absolute atomic E-state index is 0.0149. The zero-order valence-electron chi connectivity index (χ0n) is 32.1. The Morgan fingerprint density at radius 3 is 1.78 bits per heavy atom. The lowest BCUT2D eigenvalue weighted by Gasteiger charge is -2.31. The van der Waals surface area contributed by atoms with Crippen LogP contribution in [0, 0.1) is 43.0 Å². The van der Waals surface area contributed by atoms with Crippen LogP contribution in [0.2, 0.25) is 0 Å². The van der Waals surface area contributed by atoms with Gasteiger partial charge in [0.25, 0.3) is 5.91 Å². The molecule has 6 rings (SSSR count). The number of carbonyl (C=O) groups excluding carboxylic acids is 1.